The summed E-state index contributed by atoms with van der Waals surface area (Å²) in [5.74, 6) is 0.856. The number of thioether (sulfide) groups is 1. The van der Waals surface area contributed by atoms with Gasteiger partial charge in [-0.2, -0.15) is 0 Å². The fourth-order valence-electron chi connectivity index (χ4n) is 3.09. The lowest BCUT2D eigenvalue weighted by Gasteiger charge is -2.13. The van der Waals surface area contributed by atoms with Crippen LogP contribution in [0.3, 0.4) is 0 Å². The van der Waals surface area contributed by atoms with Gasteiger partial charge in [0.05, 0.1) is 16.5 Å². The minimum absolute atomic E-state index is 0.142. The van der Waals surface area contributed by atoms with Crippen molar-refractivity contribution in [2.45, 2.75) is 6.61 Å². The van der Waals surface area contributed by atoms with Crippen LogP contribution in [-0.4, -0.2) is 29.2 Å². The maximum absolute atomic E-state index is 12.8. The van der Waals surface area contributed by atoms with Crippen molar-refractivity contribution in [3.63, 3.8) is 0 Å². The number of carbonyl (C=O) groups is 2. The van der Waals surface area contributed by atoms with E-state index in [2.05, 4.69) is 15.9 Å². The topological polar surface area (TPSA) is 55.8 Å². The Labute approximate surface area is 209 Å². The van der Waals surface area contributed by atoms with Gasteiger partial charge >= 0.3 is 0 Å². The van der Waals surface area contributed by atoms with E-state index < -0.39 is 0 Å². The fourth-order valence-corrected chi connectivity index (χ4v) is 4.41. The third-order valence-electron chi connectivity index (χ3n) is 4.76. The second-order valence-electron chi connectivity index (χ2n) is 7.10. The number of amides is 2. The van der Waals surface area contributed by atoms with Crippen LogP contribution in [0.25, 0.3) is 6.08 Å². The molecule has 1 heterocycles. The summed E-state index contributed by atoms with van der Waals surface area (Å²) in [7, 11) is 0. The molecule has 0 spiro atoms. The molecule has 1 saturated heterocycles. The molecule has 3 aromatic carbocycles. The van der Waals surface area contributed by atoms with Gasteiger partial charge in [-0.3, -0.25) is 14.5 Å². The molecule has 0 unspecified atom stereocenters. The monoisotopic (exact) mass is 543 g/mol. The summed E-state index contributed by atoms with van der Waals surface area (Å²) >= 11 is 10.4. The number of para-hydroxylation sites is 1. The van der Waals surface area contributed by atoms with Crippen molar-refractivity contribution in [1.29, 1.82) is 0 Å². The molecule has 2 amide bonds. The Morgan fingerprint density at radius 2 is 1.76 bits per heavy atom. The van der Waals surface area contributed by atoms with Gasteiger partial charge in [-0.05, 0) is 65.4 Å². The van der Waals surface area contributed by atoms with Gasteiger partial charge in [0, 0.05) is 4.47 Å². The minimum Gasteiger partial charge on any atom is -0.490 e. The zero-order valence-corrected chi connectivity index (χ0v) is 20.5. The zero-order valence-electron chi connectivity index (χ0n) is 17.4. The van der Waals surface area contributed by atoms with Gasteiger partial charge in [0.15, 0.2) is 0 Å². The van der Waals surface area contributed by atoms with E-state index in [1.54, 1.807) is 30.3 Å². The van der Waals surface area contributed by atoms with Gasteiger partial charge in [0.25, 0.3) is 11.1 Å². The largest absolute Gasteiger partial charge is 0.490 e. The van der Waals surface area contributed by atoms with Crippen LogP contribution in [0.2, 0.25) is 5.02 Å². The molecule has 4 rings (SSSR count). The number of nitrogens with zero attached hydrogens (tertiary/aromatic N) is 1. The van der Waals surface area contributed by atoms with E-state index in [1.807, 2.05) is 48.5 Å². The number of carbonyl (C=O) groups excluding carboxylic acids is 2. The van der Waals surface area contributed by atoms with Crippen molar-refractivity contribution in [2.75, 3.05) is 13.2 Å². The summed E-state index contributed by atoms with van der Waals surface area (Å²) in [5.41, 5.74) is 1.82. The van der Waals surface area contributed by atoms with Crippen LogP contribution in [-0.2, 0) is 11.4 Å². The molecular weight excluding hydrogens is 526 g/mol. The standard InChI is InChI=1S/C25H19BrClNO4S/c26-19-10-8-17(9-11-19)16-32-20-5-3-4-18(14-20)15-23-24(29)28(25(30)33-23)12-13-31-22-7-2-1-6-21(22)27/h1-11,14-15H,12-13,16H2/b23-15-. The maximum atomic E-state index is 12.8. The quantitative estimate of drug-likeness (QED) is 0.292. The van der Waals surface area contributed by atoms with E-state index in [1.165, 1.54) is 4.90 Å². The van der Waals surface area contributed by atoms with Crippen molar-refractivity contribution in [3.05, 3.63) is 98.3 Å². The van der Waals surface area contributed by atoms with Gasteiger partial charge in [-0.15, -0.1) is 0 Å². The highest BCUT2D eigenvalue weighted by Crippen LogP contribution is 2.33. The van der Waals surface area contributed by atoms with Gasteiger partial charge < -0.3 is 9.47 Å². The van der Waals surface area contributed by atoms with Crippen LogP contribution in [0.1, 0.15) is 11.1 Å². The molecule has 1 aliphatic rings. The Hall–Kier alpha value is -2.74. The third kappa shape index (κ3) is 6.19. The molecule has 168 valence electrons. The fraction of sp³-hybridized carbons (Fsp3) is 0.120. The normalized spacial score (nSPS) is 14.7. The van der Waals surface area contributed by atoms with E-state index in [4.69, 9.17) is 21.1 Å². The van der Waals surface area contributed by atoms with Gasteiger partial charge in [0.2, 0.25) is 0 Å². The first-order chi connectivity index (χ1) is 16.0. The van der Waals surface area contributed by atoms with Crippen LogP contribution in [0.15, 0.2) is 82.2 Å². The summed E-state index contributed by atoms with van der Waals surface area (Å²) < 4.78 is 12.5. The number of imide groups is 1. The smallest absolute Gasteiger partial charge is 0.293 e. The number of halogens is 2. The van der Waals surface area contributed by atoms with Crippen LogP contribution in [0.4, 0.5) is 4.79 Å². The van der Waals surface area contributed by atoms with Crippen molar-refractivity contribution < 1.29 is 19.1 Å². The van der Waals surface area contributed by atoms with E-state index in [0.29, 0.717) is 28.0 Å². The van der Waals surface area contributed by atoms with Crippen molar-refractivity contribution in [2.24, 2.45) is 0 Å². The molecule has 0 aromatic heterocycles. The Bertz CT molecular complexity index is 1200. The zero-order chi connectivity index (χ0) is 23.2. The average Bonchev–Trinajstić information content (AvgIpc) is 3.07. The third-order valence-corrected chi connectivity index (χ3v) is 6.51. The van der Waals surface area contributed by atoms with Gasteiger partial charge in [-0.1, -0.05) is 63.9 Å². The van der Waals surface area contributed by atoms with Crippen LogP contribution in [0.5, 0.6) is 11.5 Å². The second kappa shape index (κ2) is 10.9. The van der Waals surface area contributed by atoms with E-state index in [9.17, 15) is 9.59 Å². The van der Waals surface area contributed by atoms with Crippen molar-refractivity contribution in [3.8, 4) is 11.5 Å². The lowest BCUT2D eigenvalue weighted by atomic mass is 10.2. The summed E-state index contributed by atoms with van der Waals surface area (Å²) in [4.78, 5) is 26.7. The highest BCUT2D eigenvalue weighted by atomic mass is 79.9. The first-order valence-electron chi connectivity index (χ1n) is 10.1. The van der Waals surface area contributed by atoms with Gasteiger partial charge in [0.1, 0.15) is 24.7 Å². The SMILES string of the molecule is O=C1S/C(=C\c2cccc(OCc3ccc(Br)cc3)c2)C(=O)N1CCOc1ccccc1Cl. The molecule has 8 heteroatoms. The number of benzene rings is 3. The predicted octanol–water partition coefficient (Wildman–Crippen LogP) is 6.80. The Morgan fingerprint density at radius 3 is 2.55 bits per heavy atom. The first kappa shape index (κ1) is 23.4. The number of ether oxygens (including phenoxy) is 2. The molecule has 0 aliphatic carbocycles. The summed E-state index contributed by atoms with van der Waals surface area (Å²) in [5, 5.41) is 0.158. The molecular formula is C25H19BrClNO4S. The lowest BCUT2D eigenvalue weighted by molar-refractivity contribution is -0.123. The Kier molecular flexibility index (Phi) is 7.75. The van der Waals surface area contributed by atoms with Gasteiger partial charge in [-0.25, -0.2) is 0 Å². The molecule has 1 aliphatic heterocycles. The van der Waals surface area contributed by atoms with Crippen LogP contribution >= 0.6 is 39.3 Å². The number of hydrogen-bond acceptors (Lipinski definition) is 5. The second-order valence-corrected chi connectivity index (χ2v) is 9.42. The summed E-state index contributed by atoms with van der Waals surface area (Å²) in [6.07, 6.45) is 1.70. The Balaban J connectivity index is 1.37. The molecule has 33 heavy (non-hydrogen) atoms. The van der Waals surface area contributed by atoms with Crippen LogP contribution in [0, 0.1) is 0 Å². The summed E-state index contributed by atoms with van der Waals surface area (Å²) in [6, 6.07) is 22.4. The highest BCUT2D eigenvalue weighted by molar-refractivity contribution is 9.10. The minimum atomic E-state index is -0.339. The molecule has 3 aromatic rings. The van der Waals surface area contributed by atoms with Crippen molar-refractivity contribution >= 4 is 56.5 Å². The van der Waals surface area contributed by atoms with E-state index in [0.717, 1.165) is 27.4 Å². The predicted molar refractivity (Wildman–Crippen MR) is 135 cm³/mol. The van der Waals surface area contributed by atoms with Crippen LogP contribution < -0.4 is 9.47 Å². The maximum Gasteiger partial charge on any atom is 0.293 e. The Morgan fingerprint density at radius 1 is 0.970 bits per heavy atom. The molecule has 0 atom stereocenters. The van der Waals surface area contributed by atoms with E-state index >= 15 is 0 Å². The molecule has 0 N–H and O–H groups in total. The molecule has 0 radical (unpaired) electrons. The average molecular weight is 545 g/mol. The first-order valence-corrected chi connectivity index (χ1v) is 12.1. The number of hydrogen-bond donors (Lipinski definition) is 0. The van der Waals surface area contributed by atoms with E-state index in [-0.39, 0.29) is 24.3 Å². The van der Waals surface area contributed by atoms with Crippen molar-refractivity contribution in [1.82, 2.24) is 4.90 Å². The molecule has 0 saturated carbocycles. The molecule has 5 nitrogen and oxygen atoms in total. The molecule has 1 fully saturated rings. The number of rotatable bonds is 8. The highest BCUT2D eigenvalue weighted by Gasteiger charge is 2.34. The summed E-state index contributed by atoms with van der Waals surface area (Å²) in [6.45, 7) is 0.733. The lowest BCUT2D eigenvalue weighted by Crippen LogP contribution is -2.32. The molecule has 0 bridgehead atoms.